The molecule has 6 aromatic rings. The highest BCUT2D eigenvalue weighted by Gasteiger charge is 2.37. The Bertz CT molecular complexity index is 2420. The minimum atomic E-state index is -0.150. The lowest BCUT2D eigenvalue weighted by atomic mass is 9.81. The van der Waals surface area contributed by atoms with Crippen molar-refractivity contribution >= 4 is 40.6 Å². The van der Waals surface area contributed by atoms with E-state index in [-0.39, 0.29) is 5.41 Å². The molecule has 4 aliphatic rings. The Hall–Kier alpha value is -6.26. The fraction of sp³-hybridized carbons (Fsp3) is 0.106. The summed E-state index contributed by atoms with van der Waals surface area (Å²) < 4.78 is 12.6. The van der Waals surface area contributed by atoms with Crippen LogP contribution >= 0.6 is 0 Å². The van der Waals surface area contributed by atoms with Crippen LogP contribution in [-0.4, -0.2) is 0 Å². The topological polar surface area (TPSA) is 24.9 Å². The third-order valence-electron chi connectivity index (χ3n) is 10.7. The molecule has 0 atom stereocenters. The maximum atomic E-state index is 6.37. The van der Waals surface area contributed by atoms with Gasteiger partial charge in [-0.3, -0.25) is 0 Å². The minimum absolute atomic E-state index is 0.150. The van der Waals surface area contributed by atoms with Gasteiger partial charge in [-0.15, -0.1) is 0 Å². The first-order valence-electron chi connectivity index (χ1n) is 17.7. The largest absolute Gasteiger partial charge is 0.457 e. The molecule has 2 aliphatic heterocycles. The third kappa shape index (κ3) is 4.74. The molecule has 0 fully saturated rings. The van der Waals surface area contributed by atoms with Gasteiger partial charge in [0.15, 0.2) is 17.2 Å². The normalized spacial score (nSPS) is 16.0. The van der Waals surface area contributed by atoms with Crippen molar-refractivity contribution in [2.75, 3.05) is 9.80 Å². The van der Waals surface area contributed by atoms with Crippen molar-refractivity contribution in [1.82, 2.24) is 0 Å². The fourth-order valence-electron chi connectivity index (χ4n) is 8.10. The van der Waals surface area contributed by atoms with E-state index in [1.165, 1.54) is 27.8 Å². The summed E-state index contributed by atoms with van der Waals surface area (Å²) in [6.45, 7) is 4.71. The van der Waals surface area contributed by atoms with Gasteiger partial charge in [0, 0.05) is 23.2 Å². The summed E-state index contributed by atoms with van der Waals surface area (Å²) in [7, 11) is 0. The summed E-state index contributed by atoms with van der Waals surface area (Å²) in [6, 6.07) is 47.4. The summed E-state index contributed by atoms with van der Waals surface area (Å²) in [5.41, 5.74) is 14.1. The van der Waals surface area contributed by atoms with Crippen LogP contribution in [0.4, 0.5) is 28.4 Å². The first-order valence-corrected chi connectivity index (χ1v) is 17.7. The monoisotopic (exact) mass is 660 g/mol. The molecule has 2 heterocycles. The van der Waals surface area contributed by atoms with E-state index in [2.05, 4.69) is 157 Å². The van der Waals surface area contributed by atoms with Gasteiger partial charge in [-0.05, 0) is 107 Å². The summed E-state index contributed by atoms with van der Waals surface area (Å²) >= 11 is 0. The van der Waals surface area contributed by atoms with E-state index in [0.717, 1.165) is 75.5 Å². The second-order valence-electron chi connectivity index (χ2n) is 14.1. The Morgan fingerprint density at radius 2 is 1.10 bits per heavy atom. The molecule has 0 bridgehead atoms. The molecule has 0 spiro atoms. The number of fused-ring (bicyclic) bond motifs is 6. The maximum absolute atomic E-state index is 6.37. The molecule has 0 saturated carbocycles. The van der Waals surface area contributed by atoms with Gasteiger partial charge in [-0.2, -0.15) is 0 Å². The van der Waals surface area contributed by atoms with Crippen LogP contribution in [0.5, 0.6) is 17.2 Å². The Balaban J connectivity index is 0.943. The molecular formula is C47H36N2O2. The van der Waals surface area contributed by atoms with E-state index >= 15 is 0 Å². The quantitative estimate of drug-likeness (QED) is 0.175. The number of rotatable bonds is 4. The van der Waals surface area contributed by atoms with E-state index in [1.807, 2.05) is 24.3 Å². The van der Waals surface area contributed by atoms with Crippen LogP contribution in [0.15, 0.2) is 157 Å². The highest BCUT2D eigenvalue weighted by Crippen LogP contribution is 2.53. The van der Waals surface area contributed by atoms with Gasteiger partial charge in [-0.25, -0.2) is 0 Å². The number of ether oxygens (including phenoxy) is 2. The number of benzene rings is 6. The van der Waals surface area contributed by atoms with Crippen LogP contribution in [0.1, 0.15) is 48.9 Å². The molecule has 0 amide bonds. The lowest BCUT2D eigenvalue weighted by Gasteiger charge is -2.35. The summed E-state index contributed by atoms with van der Waals surface area (Å²) in [5.74, 6) is 3.68. The smallest absolute Gasteiger partial charge is 0.151 e. The first kappa shape index (κ1) is 29.6. The van der Waals surface area contributed by atoms with Gasteiger partial charge >= 0.3 is 0 Å². The molecule has 0 unspecified atom stereocenters. The highest BCUT2D eigenvalue weighted by molar-refractivity contribution is 5.88. The highest BCUT2D eigenvalue weighted by atomic mass is 16.5. The van der Waals surface area contributed by atoms with Gasteiger partial charge in [0.25, 0.3) is 0 Å². The molecule has 2 aliphatic carbocycles. The number of allylic oxidation sites excluding steroid dienone is 3. The van der Waals surface area contributed by atoms with Crippen molar-refractivity contribution in [2.45, 2.75) is 32.1 Å². The first-order chi connectivity index (χ1) is 25.0. The van der Waals surface area contributed by atoms with Crippen LogP contribution < -0.4 is 19.3 Å². The Morgan fingerprint density at radius 1 is 0.549 bits per heavy atom. The zero-order valence-corrected chi connectivity index (χ0v) is 28.6. The van der Waals surface area contributed by atoms with Crippen molar-refractivity contribution in [3.63, 3.8) is 0 Å². The molecule has 4 nitrogen and oxygen atoms in total. The molecule has 0 N–H and O–H groups in total. The lowest BCUT2D eigenvalue weighted by Crippen LogP contribution is -2.25. The van der Waals surface area contributed by atoms with E-state index < -0.39 is 0 Å². The van der Waals surface area contributed by atoms with Gasteiger partial charge in [0.1, 0.15) is 5.76 Å². The summed E-state index contributed by atoms with van der Waals surface area (Å²) in [5, 5.41) is 0. The molecule has 246 valence electrons. The van der Waals surface area contributed by atoms with Crippen LogP contribution in [0, 0.1) is 0 Å². The Morgan fingerprint density at radius 3 is 1.80 bits per heavy atom. The standard InChI is InChI=1S/C47H36N2O2/c1-47(2)37-29-32(20-19-31-21-24-33(25-22-31)48-39-11-3-7-15-43(39)50-44-16-8-4-12-40(44)48)23-27-35(37)36-28-26-34(30-38(36)47)49-41-13-5-9-17-45(41)51-46-18-10-6-14-42(46)49/h3-9,11-17,19-30H,10,18H2,1-2H3/b20-19+. The molecule has 6 aromatic carbocycles. The number of nitrogens with zero attached hydrogens (tertiary/aromatic N) is 2. The molecular weight excluding hydrogens is 625 g/mol. The van der Waals surface area contributed by atoms with Crippen LogP contribution in [-0.2, 0) is 5.41 Å². The third-order valence-corrected chi connectivity index (χ3v) is 10.7. The Kier molecular flexibility index (Phi) is 6.62. The van der Waals surface area contributed by atoms with Crippen molar-refractivity contribution in [1.29, 1.82) is 0 Å². The zero-order valence-electron chi connectivity index (χ0n) is 28.6. The van der Waals surface area contributed by atoms with Crippen molar-refractivity contribution in [3.05, 3.63) is 179 Å². The molecule has 0 saturated heterocycles. The number of hydrogen-bond donors (Lipinski definition) is 0. The zero-order chi connectivity index (χ0) is 34.1. The molecule has 0 radical (unpaired) electrons. The maximum Gasteiger partial charge on any atom is 0.151 e. The second-order valence-corrected chi connectivity index (χ2v) is 14.1. The van der Waals surface area contributed by atoms with Gasteiger partial charge in [0.05, 0.1) is 22.8 Å². The number of hydrogen-bond acceptors (Lipinski definition) is 4. The van der Waals surface area contributed by atoms with E-state index in [1.54, 1.807) is 0 Å². The lowest BCUT2D eigenvalue weighted by molar-refractivity contribution is 0.388. The number of anilines is 5. The van der Waals surface area contributed by atoms with E-state index in [0.29, 0.717) is 0 Å². The summed E-state index contributed by atoms with van der Waals surface area (Å²) in [4.78, 5) is 4.64. The predicted octanol–water partition coefficient (Wildman–Crippen LogP) is 12.8. The van der Waals surface area contributed by atoms with Crippen LogP contribution in [0.2, 0.25) is 0 Å². The van der Waals surface area contributed by atoms with Crippen molar-refractivity contribution < 1.29 is 9.47 Å². The van der Waals surface area contributed by atoms with Gasteiger partial charge < -0.3 is 19.3 Å². The van der Waals surface area contributed by atoms with E-state index in [4.69, 9.17) is 9.47 Å². The average Bonchev–Trinajstić information content (AvgIpc) is 3.40. The van der Waals surface area contributed by atoms with Gasteiger partial charge in [-0.1, -0.05) is 105 Å². The molecule has 10 rings (SSSR count). The van der Waals surface area contributed by atoms with Crippen LogP contribution in [0.25, 0.3) is 23.3 Å². The summed E-state index contributed by atoms with van der Waals surface area (Å²) in [6.07, 6.45) is 10.8. The molecule has 0 aromatic heterocycles. The SMILES string of the molecule is CC1(C)c2cc(/C=C/c3ccc(N4c5ccccc5Oc5ccccc54)cc3)ccc2-c2ccc(N3C4=C(CCC=C4)Oc4ccccc43)cc21. The molecule has 51 heavy (non-hydrogen) atoms. The number of para-hydroxylation sites is 6. The molecule has 4 heteroatoms. The van der Waals surface area contributed by atoms with Crippen molar-refractivity contribution in [3.8, 4) is 28.4 Å². The Labute approximate surface area is 298 Å². The van der Waals surface area contributed by atoms with Crippen LogP contribution in [0.3, 0.4) is 0 Å². The average molecular weight is 661 g/mol. The fourth-order valence-corrected chi connectivity index (χ4v) is 8.10. The predicted molar refractivity (Wildman–Crippen MR) is 209 cm³/mol. The minimum Gasteiger partial charge on any atom is -0.457 e. The second kappa shape index (κ2) is 11.4. The van der Waals surface area contributed by atoms with E-state index in [9.17, 15) is 0 Å². The van der Waals surface area contributed by atoms with Crippen molar-refractivity contribution in [2.24, 2.45) is 0 Å². The van der Waals surface area contributed by atoms with Gasteiger partial charge in [0.2, 0.25) is 0 Å².